The van der Waals surface area contributed by atoms with Gasteiger partial charge in [-0.05, 0) is 46.0 Å². The van der Waals surface area contributed by atoms with Gasteiger partial charge >= 0.3 is 11.9 Å². The molecule has 24 heavy (non-hydrogen) atoms. The third-order valence-electron chi connectivity index (χ3n) is 3.41. The fourth-order valence-corrected chi connectivity index (χ4v) is 2.41. The molecule has 0 saturated carbocycles. The second kappa shape index (κ2) is 9.93. The Morgan fingerprint density at radius 1 is 1.08 bits per heavy atom. The highest BCUT2D eigenvalue weighted by atomic mass is 16.6. The number of nitrogens with zero attached hydrogens (tertiary/aromatic N) is 1. The minimum atomic E-state index is -0.953. The summed E-state index contributed by atoms with van der Waals surface area (Å²) in [5.41, 5.74) is 1.85. The molecule has 0 unspecified atom stereocenters. The molecule has 0 amide bonds. The molecule has 1 rings (SSSR count). The number of rotatable bonds is 9. The van der Waals surface area contributed by atoms with Crippen molar-refractivity contribution < 1.29 is 23.8 Å². The summed E-state index contributed by atoms with van der Waals surface area (Å²) >= 11 is 0. The zero-order valence-electron chi connectivity index (χ0n) is 15.1. The lowest BCUT2D eigenvalue weighted by atomic mass is 9.97. The van der Waals surface area contributed by atoms with E-state index in [0.717, 1.165) is 16.9 Å². The molecule has 6 nitrogen and oxygen atoms in total. The topological polar surface area (TPSA) is 65.1 Å². The normalized spacial score (nSPS) is 10.8. The van der Waals surface area contributed by atoms with E-state index in [1.54, 1.807) is 21.0 Å². The minimum Gasteiger partial charge on any atom is -0.496 e. The molecule has 0 saturated heterocycles. The highest BCUT2D eigenvalue weighted by molar-refractivity contribution is 5.95. The highest BCUT2D eigenvalue weighted by Gasteiger charge is 2.30. The highest BCUT2D eigenvalue weighted by Crippen LogP contribution is 2.23. The van der Waals surface area contributed by atoms with Crippen LogP contribution in [0.4, 0.5) is 0 Å². The van der Waals surface area contributed by atoms with Crippen molar-refractivity contribution in [3.63, 3.8) is 0 Å². The van der Waals surface area contributed by atoms with Gasteiger partial charge in [0.05, 0.1) is 20.3 Å². The van der Waals surface area contributed by atoms with Gasteiger partial charge < -0.3 is 19.1 Å². The number of hydrogen-bond donors (Lipinski definition) is 0. The van der Waals surface area contributed by atoms with E-state index in [4.69, 9.17) is 14.2 Å². The molecule has 0 aliphatic heterocycles. The van der Waals surface area contributed by atoms with Crippen LogP contribution in [0.1, 0.15) is 25.0 Å². The molecule has 6 heteroatoms. The second-order valence-electron chi connectivity index (χ2n) is 5.64. The van der Waals surface area contributed by atoms with E-state index >= 15 is 0 Å². The number of esters is 2. The largest absolute Gasteiger partial charge is 0.496 e. The summed E-state index contributed by atoms with van der Waals surface area (Å²) in [5.74, 6) is -1.29. The number of methoxy groups -OCH3 is 1. The molecule has 0 bridgehead atoms. The first kappa shape index (κ1) is 20.0. The van der Waals surface area contributed by atoms with Crippen LogP contribution in [0.3, 0.4) is 0 Å². The lowest BCUT2D eigenvalue weighted by molar-refractivity contribution is -0.161. The van der Waals surface area contributed by atoms with Gasteiger partial charge in [0, 0.05) is 12.1 Å². The van der Waals surface area contributed by atoms with Crippen LogP contribution < -0.4 is 4.74 Å². The fourth-order valence-electron chi connectivity index (χ4n) is 2.41. The van der Waals surface area contributed by atoms with Crippen LogP contribution >= 0.6 is 0 Å². The van der Waals surface area contributed by atoms with Crippen LogP contribution in [0.2, 0.25) is 0 Å². The molecule has 1 aromatic carbocycles. The molecular weight excluding hydrogens is 310 g/mol. The van der Waals surface area contributed by atoms with Gasteiger partial charge in [0.1, 0.15) is 5.75 Å². The monoisotopic (exact) mass is 337 g/mol. The standard InChI is InChI=1S/C18H27NO5/c1-6-23-17(20)15(18(21)24-7-2)11-13-8-9-16(22-5)14(10-13)12-19(3)4/h8-10,15H,6-7,11-12H2,1-5H3. The second-order valence-corrected chi connectivity index (χ2v) is 5.64. The summed E-state index contributed by atoms with van der Waals surface area (Å²) in [5, 5.41) is 0. The summed E-state index contributed by atoms with van der Waals surface area (Å²) in [4.78, 5) is 26.2. The summed E-state index contributed by atoms with van der Waals surface area (Å²) in [7, 11) is 5.55. The Labute approximate surface area is 143 Å². The third-order valence-corrected chi connectivity index (χ3v) is 3.41. The number of carbonyl (C=O) groups excluding carboxylic acids is 2. The van der Waals surface area contributed by atoms with Crippen LogP contribution in [0.15, 0.2) is 18.2 Å². The summed E-state index contributed by atoms with van der Waals surface area (Å²) in [6.45, 7) is 4.57. The third kappa shape index (κ3) is 5.85. The molecule has 1 aromatic rings. The van der Waals surface area contributed by atoms with Gasteiger partial charge in [-0.3, -0.25) is 9.59 Å². The van der Waals surface area contributed by atoms with E-state index in [0.29, 0.717) is 6.54 Å². The van der Waals surface area contributed by atoms with Crippen LogP contribution in [-0.2, 0) is 32.0 Å². The van der Waals surface area contributed by atoms with E-state index < -0.39 is 17.9 Å². The molecular formula is C18H27NO5. The maximum Gasteiger partial charge on any atom is 0.320 e. The first-order chi connectivity index (χ1) is 11.4. The summed E-state index contributed by atoms with van der Waals surface area (Å²) in [6.07, 6.45) is 0.238. The van der Waals surface area contributed by atoms with Crippen LogP contribution in [0.25, 0.3) is 0 Å². The Morgan fingerprint density at radius 2 is 1.67 bits per heavy atom. The van der Waals surface area contributed by atoms with Crippen molar-refractivity contribution in [1.29, 1.82) is 0 Å². The van der Waals surface area contributed by atoms with E-state index in [2.05, 4.69) is 0 Å². The lowest BCUT2D eigenvalue weighted by Crippen LogP contribution is -2.30. The Balaban J connectivity index is 3.03. The molecule has 0 aromatic heterocycles. The van der Waals surface area contributed by atoms with E-state index in [-0.39, 0.29) is 19.6 Å². The average Bonchev–Trinajstić information content (AvgIpc) is 2.52. The average molecular weight is 337 g/mol. The number of benzene rings is 1. The molecule has 0 atom stereocenters. The fraction of sp³-hybridized carbons (Fsp3) is 0.556. The SMILES string of the molecule is CCOC(=O)C(Cc1ccc(OC)c(CN(C)C)c1)C(=O)OCC. The molecule has 0 heterocycles. The Morgan fingerprint density at radius 3 is 2.12 bits per heavy atom. The van der Waals surface area contributed by atoms with Crippen molar-refractivity contribution in [3.05, 3.63) is 29.3 Å². The Kier molecular flexibility index (Phi) is 8.26. The van der Waals surface area contributed by atoms with E-state index in [1.807, 2.05) is 37.2 Å². The number of carbonyl (C=O) groups is 2. The minimum absolute atomic E-state index is 0.225. The van der Waals surface area contributed by atoms with Gasteiger partial charge in [-0.15, -0.1) is 0 Å². The Hall–Kier alpha value is -2.08. The number of ether oxygens (including phenoxy) is 3. The van der Waals surface area contributed by atoms with E-state index in [1.165, 1.54) is 0 Å². The first-order valence-corrected chi connectivity index (χ1v) is 8.06. The number of hydrogen-bond acceptors (Lipinski definition) is 6. The zero-order chi connectivity index (χ0) is 18.1. The van der Waals surface area contributed by atoms with Gasteiger partial charge in [-0.25, -0.2) is 0 Å². The van der Waals surface area contributed by atoms with Crippen molar-refractivity contribution in [2.45, 2.75) is 26.8 Å². The van der Waals surface area contributed by atoms with Crippen LogP contribution in [0.5, 0.6) is 5.75 Å². The van der Waals surface area contributed by atoms with E-state index in [9.17, 15) is 9.59 Å². The maximum atomic E-state index is 12.1. The molecule has 0 N–H and O–H groups in total. The molecule has 0 radical (unpaired) electrons. The van der Waals surface area contributed by atoms with Gasteiger partial charge in [0.15, 0.2) is 5.92 Å². The van der Waals surface area contributed by atoms with Crippen molar-refractivity contribution in [2.75, 3.05) is 34.4 Å². The van der Waals surface area contributed by atoms with Gasteiger partial charge in [0.25, 0.3) is 0 Å². The van der Waals surface area contributed by atoms with Crippen molar-refractivity contribution in [2.24, 2.45) is 5.92 Å². The van der Waals surface area contributed by atoms with Gasteiger partial charge in [-0.2, -0.15) is 0 Å². The quantitative estimate of drug-likeness (QED) is 0.507. The zero-order valence-corrected chi connectivity index (χ0v) is 15.1. The molecule has 134 valence electrons. The van der Waals surface area contributed by atoms with Crippen molar-refractivity contribution >= 4 is 11.9 Å². The molecule has 0 spiro atoms. The summed E-state index contributed by atoms with van der Waals surface area (Å²) < 4.78 is 15.4. The maximum absolute atomic E-state index is 12.1. The van der Waals surface area contributed by atoms with Crippen LogP contribution in [-0.4, -0.2) is 51.3 Å². The van der Waals surface area contributed by atoms with Gasteiger partial charge in [0.2, 0.25) is 0 Å². The predicted molar refractivity (Wildman–Crippen MR) is 90.8 cm³/mol. The van der Waals surface area contributed by atoms with Gasteiger partial charge in [-0.1, -0.05) is 12.1 Å². The predicted octanol–water partition coefficient (Wildman–Crippen LogP) is 2.04. The van der Waals surface area contributed by atoms with Crippen molar-refractivity contribution in [3.8, 4) is 5.75 Å². The lowest BCUT2D eigenvalue weighted by Gasteiger charge is -2.17. The Bertz CT molecular complexity index is 538. The van der Waals surface area contributed by atoms with Crippen molar-refractivity contribution in [1.82, 2.24) is 4.90 Å². The first-order valence-electron chi connectivity index (χ1n) is 8.06. The molecule has 0 fully saturated rings. The summed E-state index contributed by atoms with van der Waals surface area (Å²) in [6, 6.07) is 5.65. The molecule has 0 aliphatic rings. The van der Waals surface area contributed by atoms with Crippen LogP contribution in [0, 0.1) is 5.92 Å². The smallest absolute Gasteiger partial charge is 0.320 e. The molecule has 0 aliphatic carbocycles.